The fourth-order valence-corrected chi connectivity index (χ4v) is 4.34. The Morgan fingerprint density at radius 3 is 2.60 bits per heavy atom. The molecule has 1 fully saturated rings. The van der Waals surface area contributed by atoms with Crippen LogP contribution in [0.3, 0.4) is 0 Å². The van der Waals surface area contributed by atoms with Gasteiger partial charge in [-0.15, -0.1) is 0 Å². The van der Waals surface area contributed by atoms with Crippen LogP contribution in [0.5, 0.6) is 0 Å². The lowest BCUT2D eigenvalue weighted by Gasteiger charge is -2.29. The molecule has 0 spiro atoms. The third-order valence-electron chi connectivity index (χ3n) is 5.88. The monoisotopic (exact) mass is 502 g/mol. The third kappa shape index (κ3) is 6.04. The molecule has 1 atom stereocenters. The number of amides is 4. The summed E-state index contributed by atoms with van der Waals surface area (Å²) in [6.45, 7) is 4.85. The SMILES string of the molecule is CC(C)c1cc(Cl)cc(NC=O)c1F.CNCc1ccc2c(c1)C(=O)N(C1CCC(=O)NC1=O)C2. The van der Waals surface area contributed by atoms with Crippen LogP contribution < -0.4 is 16.0 Å². The number of imide groups is 1. The van der Waals surface area contributed by atoms with E-state index in [0.29, 0.717) is 42.1 Å². The third-order valence-corrected chi connectivity index (χ3v) is 6.09. The summed E-state index contributed by atoms with van der Waals surface area (Å²) in [4.78, 5) is 47.4. The van der Waals surface area contributed by atoms with Crippen molar-refractivity contribution in [2.75, 3.05) is 12.4 Å². The van der Waals surface area contributed by atoms with Gasteiger partial charge in [0.25, 0.3) is 5.91 Å². The maximum Gasteiger partial charge on any atom is 0.255 e. The standard InChI is InChI=1S/C15H17N3O3.C10H11ClFNO/c1-16-7-9-2-3-10-8-18(15(21)11(10)6-9)12-4-5-13(19)17-14(12)20;1-6(2)8-3-7(11)4-9(10(8)12)13-5-14/h2-3,6,12,16H,4-5,7-8H2,1H3,(H,17,19,20);3-6H,1-2H3,(H,13,14). The molecule has 2 aromatic rings. The molecule has 0 aliphatic carbocycles. The first-order chi connectivity index (χ1) is 16.7. The van der Waals surface area contributed by atoms with Crippen LogP contribution in [0.15, 0.2) is 30.3 Å². The average molecular weight is 503 g/mol. The van der Waals surface area contributed by atoms with E-state index in [2.05, 4.69) is 16.0 Å². The lowest BCUT2D eigenvalue weighted by molar-refractivity contribution is -0.136. The molecule has 1 saturated heterocycles. The van der Waals surface area contributed by atoms with E-state index in [9.17, 15) is 23.6 Å². The van der Waals surface area contributed by atoms with Gasteiger partial charge in [0.1, 0.15) is 11.9 Å². The minimum absolute atomic E-state index is 0.0286. The minimum Gasteiger partial charge on any atom is -0.326 e. The highest BCUT2D eigenvalue weighted by Crippen LogP contribution is 2.29. The number of hydrogen-bond donors (Lipinski definition) is 3. The molecule has 4 amide bonds. The van der Waals surface area contributed by atoms with E-state index in [0.717, 1.165) is 11.1 Å². The first kappa shape index (κ1) is 26.3. The molecule has 0 bridgehead atoms. The van der Waals surface area contributed by atoms with Gasteiger partial charge in [0.05, 0.1) is 5.69 Å². The predicted octanol–water partition coefficient (Wildman–Crippen LogP) is 3.34. The number of nitrogens with one attached hydrogen (secondary N) is 3. The van der Waals surface area contributed by atoms with Crippen molar-refractivity contribution < 1.29 is 23.6 Å². The van der Waals surface area contributed by atoms with Gasteiger partial charge in [-0.25, -0.2) is 4.39 Å². The smallest absolute Gasteiger partial charge is 0.255 e. The number of benzene rings is 2. The molecule has 4 rings (SSSR count). The van der Waals surface area contributed by atoms with Gasteiger partial charge < -0.3 is 15.5 Å². The van der Waals surface area contributed by atoms with Crippen molar-refractivity contribution >= 4 is 41.4 Å². The molecule has 0 radical (unpaired) electrons. The first-order valence-electron chi connectivity index (χ1n) is 11.3. The molecule has 2 aromatic carbocycles. The second-order valence-corrected chi connectivity index (χ2v) is 9.13. The van der Waals surface area contributed by atoms with Gasteiger partial charge in [0.15, 0.2) is 0 Å². The lowest BCUT2D eigenvalue weighted by Crippen LogP contribution is -2.52. The highest BCUT2D eigenvalue weighted by molar-refractivity contribution is 6.31. The maximum absolute atomic E-state index is 13.6. The predicted molar refractivity (Wildman–Crippen MR) is 130 cm³/mol. The summed E-state index contributed by atoms with van der Waals surface area (Å²) < 4.78 is 13.6. The molecule has 35 heavy (non-hydrogen) atoms. The van der Waals surface area contributed by atoms with Gasteiger partial charge >= 0.3 is 0 Å². The molecule has 3 N–H and O–H groups in total. The van der Waals surface area contributed by atoms with Crippen LogP contribution in [0, 0.1) is 5.82 Å². The Kier molecular flexibility index (Phi) is 8.58. The van der Waals surface area contributed by atoms with Crippen molar-refractivity contribution in [2.24, 2.45) is 0 Å². The number of anilines is 1. The number of carbonyl (C=O) groups is 4. The molecule has 8 nitrogen and oxygen atoms in total. The summed E-state index contributed by atoms with van der Waals surface area (Å²) >= 11 is 5.78. The zero-order valence-electron chi connectivity index (χ0n) is 19.8. The van der Waals surface area contributed by atoms with Crippen LogP contribution in [0.25, 0.3) is 0 Å². The van der Waals surface area contributed by atoms with Crippen molar-refractivity contribution in [2.45, 2.75) is 51.7 Å². The molecule has 2 aliphatic heterocycles. The molecule has 2 aliphatic rings. The molecular formula is C25H28ClFN4O4. The molecule has 186 valence electrons. The number of nitrogens with zero attached hydrogens (tertiary/aromatic N) is 1. The van der Waals surface area contributed by atoms with E-state index < -0.39 is 11.9 Å². The van der Waals surface area contributed by atoms with Crippen LogP contribution in [-0.4, -0.2) is 42.1 Å². The van der Waals surface area contributed by atoms with Gasteiger partial charge in [0, 0.05) is 30.1 Å². The molecule has 0 saturated carbocycles. The normalized spacial score (nSPS) is 17.0. The second-order valence-electron chi connectivity index (χ2n) is 8.70. The van der Waals surface area contributed by atoms with Crippen molar-refractivity contribution in [1.29, 1.82) is 0 Å². The summed E-state index contributed by atoms with van der Waals surface area (Å²) in [6, 6.07) is 8.20. The van der Waals surface area contributed by atoms with Gasteiger partial charge in [0.2, 0.25) is 18.2 Å². The molecule has 10 heteroatoms. The quantitative estimate of drug-likeness (QED) is 0.415. The summed E-state index contributed by atoms with van der Waals surface area (Å²) in [7, 11) is 1.85. The van der Waals surface area contributed by atoms with E-state index in [4.69, 9.17) is 11.6 Å². The van der Waals surface area contributed by atoms with Crippen molar-refractivity contribution in [3.05, 3.63) is 63.4 Å². The Balaban J connectivity index is 0.000000214. The van der Waals surface area contributed by atoms with Crippen LogP contribution in [0.2, 0.25) is 5.02 Å². The first-order valence-corrected chi connectivity index (χ1v) is 11.6. The summed E-state index contributed by atoms with van der Waals surface area (Å²) in [5.41, 5.74) is 3.25. The largest absolute Gasteiger partial charge is 0.326 e. The molecule has 2 heterocycles. The van der Waals surface area contributed by atoms with E-state index in [1.807, 2.05) is 39.1 Å². The van der Waals surface area contributed by atoms with Gasteiger partial charge in [-0.3, -0.25) is 24.5 Å². The Bertz CT molecular complexity index is 1150. The second kappa shape index (κ2) is 11.4. The van der Waals surface area contributed by atoms with Crippen molar-refractivity contribution in [1.82, 2.24) is 15.5 Å². The summed E-state index contributed by atoms with van der Waals surface area (Å²) in [5.74, 6) is -1.16. The summed E-state index contributed by atoms with van der Waals surface area (Å²) in [6.07, 6.45) is 1.11. The average Bonchev–Trinajstić information content (AvgIpc) is 3.12. The van der Waals surface area contributed by atoms with Crippen LogP contribution in [-0.2, 0) is 27.5 Å². The van der Waals surface area contributed by atoms with E-state index in [-0.39, 0.29) is 35.7 Å². The van der Waals surface area contributed by atoms with E-state index in [1.54, 1.807) is 11.0 Å². The zero-order chi connectivity index (χ0) is 25.7. The number of hydrogen-bond acceptors (Lipinski definition) is 5. The van der Waals surface area contributed by atoms with Crippen LogP contribution >= 0.6 is 11.6 Å². The van der Waals surface area contributed by atoms with Crippen molar-refractivity contribution in [3.8, 4) is 0 Å². The van der Waals surface area contributed by atoms with Gasteiger partial charge in [-0.05, 0) is 54.3 Å². The Morgan fingerprint density at radius 1 is 1.23 bits per heavy atom. The zero-order valence-corrected chi connectivity index (χ0v) is 20.5. The number of halogens is 2. The minimum atomic E-state index is -0.546. The maximum atomic E-state index is 13.6. The molecule has 1 unspecified atom stereocenters. The number of piperidine rings is 1. The van der Waals surface area contributed by atoms with Crippen LogP contribution in [0.1, 0.15) is 59.7 Å². The van der Waals surface area contributed by atoms with E-state index in [1.165, 1.54) is 6.07 Å². The lowest BCUT2D eigenvalue weighted by atomic mass is 10.0. The number of carbonyl (C=O) groups excluding carboxylic acids is 4. The highest BCUT2D eigenvalue weighted by Gasteiger charge is 2.39. The van der Waals surface area contributed by atoms with Gasteiger partial charge in [-0.2, -0.15) is 0 Å². The highest BCUT2D eigenvalue weighted by atomic mass is 35.5. The molecular weight excluding hydrogens is 475 g/mol. The number of rotatable bonds is 6. The Labute approximate surface area is 208 Å². The fourth-order valence-electron chi connectivity index (χ4n) is 4.11. The van der Waals surface area contributed by atoms with Crippen molar-refractivity contribution in [3.63, 3.8) is 0 Å². The summed E-state index contributed by atoms with van der Waals surface area (Å²) in [5, 5.41) is 8.04. The Hall–Kier alpha value is -3.30. The van der Waals surface area contributed by atoms with E-state index >= 15 is 0 Å². The van der Waals surface area contributed by atoms with Crippen LogP contribution in [0.4, 0.5) is 10.1 Å². The Morgan fingerprint density at radius 2 is 1.97 bits per heavy atom. The fraction of sp³-hybridized carbons (Fsp3) is 0.360. The van der Waals surface area contributed by atoms with Gasteiger partial charge in [-0.1, -0.05) is 37.6 Å². The molecule has 0 aromatic heterocycles. The topological polar surface area (TPSA) is 108 Å². The number of fused-ring (bicyclic) bond motifs is 1.